The van der Waals surface area contributed by atoms with Crippen molar-refractivity contribution >= 4 is 28.8 Å². The minimum Gasteiger partial charge on any atom is -0.387 e. The molecule has 3 nitrogen and oxygen atoms in total. The van der Waals surface area contributed by atoms with E-state index in [1.807, 2.05) is 54.9 Å². The lowest BCUT2D eigenvalue weighted by molar-refractivity contribution is -0.129. The minimum atomic E-state index is -0.669. The van der Waals surface area contributed by atoms with Crippen LogP contribution in [0, 0.1) is 5.41 Å². The lowest BCUT2D eigenvalue weighted by Gasteiger charge is -2.24. The predicted octanol–water partition coefficient (Wildman–Crippen LogP) is 3.82. The molecule has 0 aliphatic rings. The van der Waals surface area contributed by atoms with Crippen LogP contribution in [0.4, 0.5) is 0 Å². The molecule has 5 heteroatoms. The highest BCUT2D eigenvalue weighted by atomic mass is 35.5. The zero-order valence-corrected chi connectivity index (χ0v) is 14.2. The van der Waals surface area contributed by atoms with Crippen LogP contribution in [0.5, 0.6) is 0 Å². The predicted molar refractivity (Wildman–Crippen MR) is 91.2 cm³/mol. The van der Waals surface area contributed by atoms with E-state index in [4.69, 9.17) is 11.6 Å². The van der Waals surface area contributed by atoms with E-state index in [0.29, 0.717) is 11.4 Å². The van der Waals surface area contributed by atoms with Crippen molar-refractivity contribution in [2.24, 2.45) is 5.41 Å². The molecule has 1 amide bonds. The van der Waals surface area contributed by atoms with Crippen molar-refractivity contribution in [2.75, 3.05) is 6.54 Å². The summed E-state index contributed by atoms with van der Waals surface area (Å²) in [4.78, 5) is 12.4. The van der Waals surface area contributed by atoms with E-state index in [1.54, 1.807) is 0 Å². The van der Waals surface area contributed by atoms with Gasteiger partial charge in [-0.1, -0.05) is 37.6 Å². The average Bonchev–Trinajstić information content (AvgIpc) is 2.98. The second-order valence-electron chi connectivity index (χ2n) is 5.97. The van der Waals surface area contributed by atoms with Gasteiger partial charge in [0.05, 0.1) is 6.10 Å². The largest absolute Gasteiger partial charge is 0.387 e. The number of rotatable bonds is 6. The van der Waals surface area contributed by atoms with Crippen LogP contribution in [0.3, 0.4) is 0 Å². The topological polar surface area (TPSA) is 49.3 Å². The van der Waals surface area contributed by atoms with Crippen LogP contribution < -0.4 is 5.32 Å². The molecule has 22 heavy (non-hydrogen) atoms. The van der Waals surface area contributed by atoms with Gasteiger partial charge in [0.2, 0.25) is 5.91 Å². The van der Waals surface area contributed by atoms with Gasteiger partial charge >= 0.3 is 0 Å². The van der Waals surface area contributed by atoms with Crippen LogP contribution in [0.2, 0.25) is 5.02 Å². The van der Waals surface area contributed by atoms with Crippen LogP contribution in [0.1, 0.15) is 31.1 Å². The van der Waals surface area contributed by atoms with Gasteiger partial charge < -0.3 is 10.4 Å². The number of thiophene rings is 1. The molecule has 0 radical (unpaired) electrons. The van der Waals surface area contributed by atoms with Gasteiger partial charge in [0.1, 0.15) is 0 Å². The van der Waals surface area contributed by atoms with E-state index in [0.717, 1.165) is 11.1 Å². The Morgan fingerprint density at radius 2 is 2.18 bits per heavy atom. The van der Waals surface area contributed by atoms with Crippen molar-refractivity contribution in [3.05, 3.63) is 57.2 Å². The summed E-state index contributed by atoms with van der Waals surface area (Å²) in [5.74, 6) is -0.0817. The Morgan fingerprint density at radius 1 is 1.41 bits per heavy atom. The fourth-order valence-corrected chi connectivity index (χ4v) is 3.17. The van der Waals surface area contributed by atoms with Gasteiger partial charge in [0, 0.05) is 17.0 Å². The first kappa shape index (κ1) is 17.0. The summed E-state index contributed by atoms with van der Waals surface area (Å²) in [6.07, 6.45) is -0.0781. The van der Waals surface area contributed by atoms with Crippen molar-refractivity contribution in [3.8, 4) is 0 Å². The maximum absolute atomic E-state index is 12.4. The van der Waals surface area contributed by atoms with E-state index in [2.05, 4.69) is 5.32 Å². The zero-order chi connectivity index (χ0) is 16.2. The number of hydrogen-bond acceptors (Lipinski definition) is 3. The molecule has 2 aromatic rings. The Labute approximate surface area is 139 Å². The third-order valence-electron chi connectivity index (χ3n) is 3.53. The van der Waals surface area contributed by atoms with Gasteiger partial charge in [-0.15, -0.1) is 0 Å². The van der Waals surface area contributed by atoms with E-state index in [-0.39, 0.29) is 12.5 Å². The van der Waals surface area contributed by atoms with Gasteiger partial charge in [-0.25, -0.2) is 0 Å². The summed E-state index contributed by atoms with van der Waals surface area (Å²) < 4.78 is 0. The first-order chi connectivity index (χ1) is 10.4. The normalized spacial score (nSPS) is 12.9. The molecule has 0 saturated carbocycles. The monoisotopic (exact) mass is 337 g/mol. The molecule has 1 aromatic carbocycles. The Hall–Kier alpha value is -1.36. The van der Waals surface area contributed by atoms with Crippen molar-refractivity contribution in [3.63, 3.8) is 0 Å². The van der Waals surface area contributed by atoms with Gasteiger partial charge in [-0.3, -0.25) is 4.79 Å². The van der Waals surface area contributed by atoms with Crippen molar-refractivity contribution < 1.29 is 9.90 Å². The van der Waals surface area contributed by atoms with Gasteiger partial charge in [0.25, 0.3) is 0 Å². The van der Waals surface area contributed by atoms with Crippen LogP contribution in [0.15, 0.2) is 41.1 Å². The SMILES string of the molecule is CC(C)(Cc1cccc(Cl)c1)C(=O)NCC(O)c1ccsc1. The fourth-order valence-electron chi connectivity index (χ4n) is 2.25. The highest BCUT2D eigenvalue weighted by molar-refractivity contribution is 7.07. The molecule has 0 fully saturated rings. The molecule has 1 unspecified atom stereocenters. The molecule has 2 N–H and O–H groups in total. The number of amides is 1. The second-order valence-corrected chi connectivity index (χ2v) is 7.19. The molecular formula is C17H20ClNO2S. The molecule has 1 atom stereocenters. The van der Waals surface area contributed by atoms with Crippen LogP contribution in [0.25, 0.3) is 0 Å². The van der Waals surface area contributed by atoms with Gasteiger partial charge in [0.15, 0.2) is 0 Å². The second kappa shape index (κ2) is 7.27. The lowest BCUT2D eigenvalue weighted by Crippen LogP contribution is -2.40. The maximum atomic E-state index is 12.4. The standard InChI is InChI=1S/C17H20ClNO2S/c1-17(2,9-12-4-3-5-14(18)8-12)16(21)19-10-15(20)13-6-7-22-11-13/h3-8,11,15,20H,9-10H2,1-2H3,(H,19,21). The molecule has 1 aromatic heterocycles. The molecule has 0 aliphatic heterocycles. The Kier molecular flexibility index (Phi) is 5.62. The van der Waals surface area contributed by atoms with Gasteiger partial charge in [-0.05, 0) is 46.5 Å². The van der Waals surface area contributed by atoms with Crippen LogP contribution in [-0.2, 0) is 11.2 Å². The Bertz CT molecular complexity index is 625. The number of carbonyl (C=O) groups is 1. The maximum Gasteiger partial charge on any atom is 0.226 e. The first-order valence-electron chi connectivity index (χ1n) is 7.11. The van der Waals surface area contributed by atoms with E-state index in [9.17, 15) is 9.90 Å². The van der Waals surface area contributed by atoms with Crippen LogP contribution >= 0.6 is 22.9 Å². The highest BCUT2D eigenvalue weighted by Gasteiger charge is 2.28. The minimum absolute atomic E-state index is 0.0817. The third kappa shape index (κ3) is 4.57. The van der Waals surface area contributed by atoms with Gasteiger partial charge in [-0.2, -0.15) is 11.3 Å². The highest BCUT2D eigenvalue weighted by Crippen LogP contribution is 2.24. The van der Waals surface area contributed by atoms with Crippen LogP contribution in [-0.4, -0.2) is 17.6 Å². The molecule has 118 valence electrons. The molecule has 0 bridgehead atoms. The molecule has 1 heterocycles. The van der Waals surface area contributed by atoms with Crippen molar-refractivity contribution in [2.45, 2.75) is 26.4 Å². The number of carbonyl (C=O) groups excluding carboxylic acids is 1. The Morgan fingerprint density at radius 3 is 2.82 bits per heavy atom. The molecular weight excluding hydrogens is 318 g/mol. The molecule has 0 aliphatic carbocycles. The molecule has 0 saturated heterocycles. The smallest absolute Gasteiger partial charge is 0.226 e. The molecule has 2 rings (SSSR count). The summed E-state index contributed by atoms with van der Waals surface area (Å²) in [6.45, 7) is 4.00. The quantitative estimate of drug-likeness (QED) is 0.841. The fraction of sp³-hybridized carbons (Fsp3) is 0.353. The average molecular weight is 338 g/mol. The van der Waals surface area contributed by atoms with E-state index >= 15 is 0 Å². The third-order valence-corrected chi connectivity index (χ3v) is 4.47. The molecule has 0 spiro atoms. The summed E-state index contributed by atoms with van der Waals surface area (Å²) in [7, 11) is 0. The number of aliphatic hydroxyl groups excluding tert-OH is 1. The number of benzene rings is 1. The van der Waals surface area contributed by atoms with E-state index < -0.39 is 11.5 Å². The lowest BCUT2D eigenvalue weighted by atomic mass is 9.84. The number of halogens is 1. The summed E-state index contributed by atoms with van der Waals surface area (Å²) >= 11 is 7.51. The summed E-state index contributed by atoms with van der Waals surface area (Å²) in [5, 5.41) is 17.3. The summed E-state index contributed by atoms with van der Waals surface area (Å²) in [5.41, 5.74) is 1.28. The number of hydrogen-bond donors (Lipinski definition) is 2. The Balaban J connectivity index is 1.92. The van der Waals surface area contributed by atoms with Crippen molar-refractivity contribution in [1.29, 1.82) is 0 Å². The van der Waals surface area contributed by atoms with Crippen molar-refractivity contribution in [1.82, 2.24) is 5.32 Å². The number of aliphatic hydroxyl groups is 1. The first-order valence-corrected chi connectivity index (χ1v) is 8.43. The summed E-state index contributed by atoms with van der Waals surface area (Å²) in [6, 6.07) is 9.39. The van der Waals surface area contributed by atoms with E-state index in [1.165, 1.54) is 11.3 Å². The number of nitrogens with one attached hydrogen (secondary N) is 1. The zero-order valence-electron chi connectivity index (χ0n) is 12.7.